The van der Waals surface area contributed by atoms with Crippen molar-refractivity contribution in [3.05, 3.63) is 0 Å². The SMILES string of the molecule is CCOP(=O)(O)C(=O)[P+](O)(O)O. The summed E-state index contributed by atoms with van der Waals surface area (Å²) in [5, 5.41) is -1.96. The van der Waals surface area contributed by atoms with Gasteiger partial charge >= 0.3 is 20.8 Å². The molecule has 0 bridgehead atoms. The largest absolute Gasteiger partial charge is 0.492 e. The average Bonchev–Trinajstić information content (AvgIpc) is 1.84. The van der Waals surface area contributed by atoms with Gasteiger partial charge in [0, 0.05) is 0 Å². The van der Waals surface area contributed by atoms with E-state index in [1.54, 1.807) is 0 Å². The molecule has 0 aromatic rings. The molecule has 0 saturated heterocycles. The number of hydrogen-bond acceptors (Lipinski definition) is 6. The fourth-order valence-electron chi connectivity index (χ4n) is 0.400. The summed E-state index contributed by atoms with van der Waals surface area (Å²) in [5.41, 5.74) is 0. The van der Waals surface area contributed by atoms with Crippen molar-refractivity contribution >= 4 is 20.8 Å². The van der Waals surface area contributed by atoms with E-state index in [1.165, 1.54) is 6.92 Å². The van der Waals surface area contributed by atoms with Gasteiger partial charge in [0.25, 0.3) is 0 Å². The first kappa shape index (κ1) is 12.1. The van der Waals surface area contributed by atoms with E-state index in [0.29, 0.717) is 0 Å². The summed E-state index contributed by atoms with van der Waals surface area (Å²) >= 11 is 0. The molecule has 72 valence electrons. The Bertz CT molecular complexity index is 217. The van der Waals surface area contributed by atoms with E-state index >= 15 is 0 Å². The van der Waals surface area contributed by atoms with Crippen molar-refractivity contribution < 1.29 is 33.5 Å². The molecular formula is C3H9O7P2+. The van der Waals surface area contributed by atoms with E-state index in [1.807, 2.05) is 0 Å². The van der Waals surface area contributed by atoms with Gasteiger partial charge in [-0.1, -0.05) is 0 Å². The van der Waals surface area contributed by atoms with Crippen LogP contribution < -0.4 is 0 Å². The maximum atomic E-state index is 10.7. The van der Waals surface area contributed by atoms with Crippen LogP contribution in [0.5, 0.6) is 0 Å². The fraction of sp³-hybridized carbons (Fsp3) is 0.667. The number of rotatable bonds is 4. The van der Waals surface area contributed by atoms with Gasteiger partial charge in [0.2, 0.25) is 0 Å². The number of carbonyl (C=O) groups excluding carboxylic acids is 1. The summed E-state index contributed by atoms with van der Waals surface area (Å²) < 4.78 is 14.7. The Hall–Kier alpha value is 0.130. The molecule has 0 radical (unpaired) electrons. The zero-order chi connectivity index (χ0) is 9.99. The molecule has 0 amide bonds. The lowest BCUT2D eigenvalue weighted by Crippen LogP contribution is -2.06. The predicted molar refractivity (Wildman–Crippen MR) is 40.4 cm³/mol. The van der Waals surface area contributed by atoms with Gasteiger partial charge in [-0.25, -0.2) is 9.36 Å². The molecule has 1 atom stereocenters. The predicted octanol–water partition coefficient (Wildman–Crippen LogP) is 0.0678. The number of hydrogen-bond donors (Lipinski definition) is 4. The second-order valence-corrected chi connectivity index (χ2v) is 5.39. The van der Waals surface area contributed by atoms with Crippen molar-refractivity contribution in [1.82, 2.24) is 0 Å². The highest BCUT2D eigenvalue weighted by Gasteiger charge is 2.55. The van der Waals surface area contributed by atoms with Gasteiger partial charge in [-0.05, 0) is 6.92 Å². The van der Waals surface area contributed by atoms with Crippen LogP contribution >= 0.6 is 15.5 Å². The van der Waals surface area contributed by atoms with Gasteiger partial charge in [0.05, 0.1) is 6.61 Å². The third-order valence-electron chi connectivity index (χ3n) is 0.802. The molecule has 9 heteroatoms. The summed E-state index contributed by atoms with van der Waals surface area (Å²) in [6.07, 6.45) is 0. The van der Waals surface area contributed by atoms with Crippen LogP contribution in [0.1, 0.15) is 6.92 Å². The molecule has 0 rings (SSSR count). The van der Waals surface area contributed by atoms with Crippen LogP contribution in [0.4, 0.5) is 4.79 Å². The van der Waals surface area contributed by atoms with Crippen LogP contribution in [0.3, 0.4) is 0 Å². The maximum absolute atomic E-state index is 10.7. The highest BCUT2D eigenvalue weighted by molar-refractivity contribution is 8.00. The maximum Gasteiger partial charge on any atom is 0.492 e. The third-order valence-corrected chi connectivity index (χ3v) is 3.97. The van der Waals surface area contributed by atoms with Crippen LogP contribution in [0, 0.1) is 0 Å². The second-order valence-electron chi connectivity index (χ2n) is 1.79. The van der Waals surface area contributed by atoms with E-state index < -0.39 is 20.8 Å². The molecule has 0 aliphatic heterocycles. The zero-order valence-electron chi connectivity index (χ0n) is 6.12. The standard InChI is InChI=1S/C3H8O7P2/c1-2-10-12(8,9)3(4)11(5,6)7/h5-7H,2H2,1H3/p+1. The van der Waals surface area contributed by atoms with Crippen LogP contribution in [-0.4, -0.2) is 31.4 Å². The quantitative estimate of drug-likeness (QED) is 0.493. The molecule has 0 heterocycles. The Morgan fingerprint density at radius 2 is 1.92 bits per heavy atom. The Kier molecular flexibility index (Phi) is 3.93. The average molecular weight is 219 g/mol. The van der Waals surface area contributed by atoms with Crippen LogP contribution in [-0.2, 0) is 9.09 Å². The van der Waals surface area contributed by atoms with Crippen LogP contribution in [0.15, 0.2) is 0 Å². The molecule has 0 aromatic carbocycles. The molecule has 1 unspecified atom stereocenters. The molecule has 12 heavy (non-hydrogen) atoms. The molecule has 0 aliphatic rings. The van der Waals surface area contributed by atoms with Gasteiger partial charge in [0.15, 0.2) is 0 Å². The summed E-state index contributed by atoms with van der Waals surface area (Å²) in [5.74, 6) is 0. The molecule has 7 nitrogen and oxygen atoms in total. The first-order valence-electron chi connectivity index (χ1n) is 2.81. The van der Waals surface area contributed by atoms with Crippen LogP contribution in [0.25, 0.3) is 0 Å². The normalized spacial score (nSPS) is 17.1. The first-order valence-corrected chi connectivity index (χ1v) is 6.04. The van der Waals surface area contributed by atoms with Crippen molar-refractivity contribution in [2.45, 2.75) is 6.92 Å². The zero-order valence-corrected chi connectivity index (χ0v) is 7.90. The van der Waals surface area contributed by atoms with E-state index in [2.05, 4.69) is 4.52 Å². The topological polar surface area (TPSA) is 124 Å². The van der Waals surface area contributed by atoms with Gasteiger partial charge in [0.1, 0.15) is 0 Å². The van der Waals surface area contributed by atoms with Gasteiger partial charge in [-0.2, -0.15) is 14.7 Å². The van der Waals surface area contributed by atoms with E-state index in [4.69, 9.17) is 19.6 Å². The smallest absolute Gasteiger partial charge is 0.316 e. The van der Waals surface area contributed by atoms with Gasteiger partial charge in [-0.15, -0.1) is 0 Å². The summed E-state index contributed by atoms with van der Waals surface area (Å²) in [6.45, 7) is 1.09. The van der Waals surface area contributed by atoms with Crippen LogP contribution in [0.2, 0.25) is 0 Å². The number of carbonyl (C=O) groups is 1. The van der Waals surface area contributed by atoms with E-state index in [9.17, 15) is 9.36 Å². The second kappa shape index (κ2) is 3.89. The van der Waals surface area contributed by atoms with Crippen molar-refractivity contribution in [3.8, 4) is 0 Å². The van der Waals surface area contributed by atoms with E-state index in [0.717, 1.165) is 0 Å². The summed E-state index contributed by atoms with van der Waals surface area (Å²) in [4.78, 5) is 44.1. The molecule has 0 aliphatic carbocycles. The van der Waals surface area contributed by atoms with Gasteiger partial charge in [-0.3, -0.25) is 0 Å². The minimum atomic E-state index is -4.93. The first-order chi connectivity index (χ1) is 5.22. The third kappa shape index (κ3) is 3.25. The molecule has 0 spiro atoms. The van der Waals surface area contributed by atoms with Crippen molar-refractivity contribution in [2.75, 3.05) is 6.61 Å². The van der Waals surface area contributed by atoms with Crippen molar-refractivity contribution in [3.63, 3.8) is 0 Å². The van der Waals surface area contributed by atoms with E-state index in [-0.39, 0.29) is 6.61 Å². The fourth-order valence-corrected chi connectivity index (χ4v) is 2.39. The summed E-state index contributed by atoms with van der Waals surface area (Å²) in [6, 6.07) is 0. The Balaban J connectivity index is 4.59. The monoisotopic (exact) mass is 219 g/mol. The molecule has 4 N–H and O–H groups in total. The van der Waals surface area contributed by atoms with Crippen molar-refractivity contribution in [2.24, 2.45) is 0 Å². The molecule has 0 aromatic heterocycles. The Labute approximate surface area is 68.7 Å². The molecular weight excluding hydrogens is 210 g/mol. The highest BCUT2D eigenvalue weighted by atomic mass is 31.3. The lowest BCUT2D eigenvalue weighted by Gasteiger charge is -2.07. The lowest BCUT2D eigenvalue weighted by atomic mass is 10.9. The summed E-state index contributed by atoms with van der Waals surface area (Å²) in [7, 11) is -9.68. The Morgan fingerprint density at radius 1 is 1.50 bits per heavy atom. The molecule has 0 saturated carbocycles. The minimum Gasteiger partial charge on any atom is -0.316 e. The van der Waals surface area contributed by atoms with Crippen molar-refractivity contribution in [1.29, 1.82) is 0 Å². The minimum absolute atomic E-state index is 0.250. The lowest BCUT2D eigenvalue weighted by molar-refractivity contribution is 0.236. The van der Waals surface area contributed by atoms with Gasteiger partial charge < -0.3 is 9.42 Å². The molecule has 0 fully saturated rings. The highest BCUT2D eigenvalue weighted by Crippen LogP contribution is 2.62. The Morgan fingerprint density at radius 3 is 2.17 bits per heavy atom.